The molecular weight excluding hydrogens is 598 g/mol. The highest BCUT2D eigenvalue weighted by atomic mass is 32.1. The van der Waals surface area contributed by atoms with Crippen LogP contribution in [-0.4, -0.2) is 28.8 Å². The van der Waals surface area contributed by atoms with E-state index in [0.717, 1.165) is 49.3 Å². The molecule has 10 heteroatoms. The van der Waals surface area contributed by atoms with Gasteiger partial charge >= 0.3 is 11.9 Å². The molecule has 4 aromatic carbocycles. The van der Waals surface area contributed by atoms with Gasteiger partial charge < -0.3 is 15.1 Å². The Labute approximate surface area is 268 Å². The first-order valence-electron chi connectivity index (χ1n) is 14.0. The van der Waals surface area contributed by atoms with Crippen molar-refractivity contribution in [3.8, 4) is 33.7 Å². The molecule has 0 saturated heterocycles. The topological polar surface area (TPSA) is 150 Å². The Morgan fingerprint density at radius 1 is 0.761 bits per heavy atom. The van der Waals surface area contributed by atoms with E-state index in [1.54, 1.807) is 6.07 Å². The van der Waals surface area contributed by atoms with Crippen molar-refractivity contribution in [1.29, 1.82) is 10.5 Å². The van der Waals surface area contributed by atoms with Gasteiger partial charge in [-0.05, 0) is 60.2 Å². The van der Waals surface area contributed by atoms with Crippen LogP contribution in [0.2, 0.25) is 0 Å². The zero-order valence-corrected chi connectivity index (χ0v) is 25.1. The zero-order chi connectivity index (χ0) is 32.5. The lowest BCUT2D eigenvalue weighted by atomic mass is 10.0. The molecule has 0 radical (unpaired) electrons. The summed E-state index contributed by atoms with van der Waals surface area (Å²) < 4.78 is 0. The third-order valence-corrected chi connectivity index (χ3v) is 7.90. The molecule has 0 spiro atoms. The molecule has 0 fully saturated rings. The summed E-state index contributed by atoms with van der Waals surface area (Å²) in [6.45, 7) is 0.364. The van der Waals surface area contributed by atoms with Crippen LogP contribution in [0, 0.1) is 22.7 Å². The van der Waals surface area contributed by atoms with Crippen LogP contribution in [0.25, 0.3) is 27.6 Å². The van der Waals surface area contributed by atoms with Crippen molar-refractivity contribution in [1.82, 2.24) is 0 Å². The number of hydrogen-bond donors (Lipinski definition) is 2. The van der Waals surface area contributed by atoms with Crippen LogP contribution in [0.4, 0.5) is 17.1 Å². The van der Waals surface area contributed by atoms with Crippen molar-refractivity contribution in [3.63, 3.8) is 0 Å². The van der Waals surface area contributed by atoms with E-state index < -0.39 is 18.4 Å². The quantitative estimate of drug-likeness (QED) is 0.144. The van der Waals surface area contributed by atoms with Crippen LogP contribution in [-0.2, 0) is 9.59 Å². The van der Waals surface area contributed by atoms with Gasteiger partial charge in [0.15, 0.2) is 0 Å². The minimum atomic E-state index is -1.24. The number of benzene rings is 4. The Balaban J connectivity index is 0.000000635. The van der Waals surface area contributed by atoms with Gasteiger partial charge in [-0.1, -0.05) is 60.7 Å². The van der Waals surface area contributed by atoms with Crippen LogP contribution in [0.15, 0.2) is 125 Å². The van der Waals surface area contributed by atoms with Crippen molar-refractivity contribution in [2.24, 2.45) is 9.98 Å². The van der Waals surface area contributed by atoms with Gasteiger partial charge in [0, 0.05) is 37.9 Å². The van der Waals surface area contributed by atoms with Crippen molar-refractivity contribution in [2.45, 2.75) is 6.42 Å². The first-order valence-corrected chi connectivity index (χ1v) is 14.8. The number of rotatable bonds is 8. The van der Waals surface area contributed by atoms with Crippen LogP contribution >= 0.6 is 11.3 Å². The highest BCUT2D eigenvalue weighted by molar-refractivity contribution is 7.16. The van der Waals surface area contributed by atoms with Gasteiger partial charge in [-0.3, -0.25) is 14.8 Å². The summed E-state index contributed by atoms with van der Waals surface area (Å²) in [5, 5.41) is 35.2. The number of carboxylic acid groups (broad SMARTS) is 2. The number of hydrogen-bond acceptors (Lipinski definition) is 8. The lowest BCUT2D eigenvalue weighted by molar-refractivity contribution is -0.136. The van der Waals surface area contributed by atoms with Gasteiger partial charge in [-0.2, -0.15) is 10.5 Å². The average Bonchev–Trinajstić information content (AvgIpc) is 3.75. The summed E-state index contributed by atoms with van der Waals surface area (Å²) in [5.74, 6) is -2.31. The molecule has 1 aliphatic rings. The normalized spacial score (nSPS) is 11.4. The molecule has 0 atom stereocenters. The Morgan fingerprint density at radius 3 is 1.85 bits per heavy atom. The van der Waals surface area contributed by atoms with E-state index in [1.165, 1.54) is 23.5 Å². The van der Waals surface area contributed by atoms with Crippen LogP contribution in [0.3, 0.4) is 0 Å². The fourth-order valence-electron chi connectivity index (χ4n) is 4.83. The second-order valence-electron chi connectivity index (χ2n) is 9.77. The molecule has 2 N–H and O–H groups in total. The first-order chi connectivity index (χ1) is 22.4. The maximum absolute atomic E-state index is 11.2. The lowest BCUT2D eigenvalue weighted by Gasteiger charge is -2.25. The Hall–Kier alpha value is -6.36. The minimum absolute atomic E-state index is 0.296. The summed E-state index contributed by atoms with van der Waals surface area (Å²) in [4.78, 5) is 33.8. The number of aliphatic carboxylic acids is 2. The van der Waals surface area contributed by atoms with Gasteiger partial charge in [0.25, 0.3) is 0 Å². The van der Waals surface area contributed by atoms with E-state index in [2.05, 4.69) is 64.5 Å². The smallest absolute Gasteiger partial charge is 0.346 e. The third kappa shape index (κ3) is 7.05. The van der Waals surface area contributed by atoms with E-state index in [0.29, 0.717) is 11.5 Å². The molecule has 0 unspecified atom stereocenters. The number of fused-ring (bicyclic) bond motifs is 1. The van der Waals surface area contributed by atoms with Crippen LogP contribution < -0.4 is 15.6 Å². The summed E-state index contributed by atoms with van der Waals surface area (Å²) >= 11 is 1.42. The van der Waals surface area contributed by atoms with E-state index in [4.69, 9.17) is 20.6 Å². The summed E-state index contributed by atoms with van der Waals surface area (Å²) in [6.07, 6.45) is 0.988. The van der Waals surface area contributed by atoms with E-state index in [-0.39, 0.29) is 5.57 Å². The second kappa shape index (κ2) is 14.4. The number of carboxylic acids is 2. The van der Waals surface area contributed by atoms with Gasteiger partial charge in [0.2, 0.25) is 0 Å². The fourth-order valence-corrected chi connectivity index (χ4v) is 5.80. The molecule has 2 heterocycles. The fraction of sp³-hybridized carbons (Fsp3) is 0.0556. The van der Waals surface area contributed by atoms with Gasteiger partial charge in [-0.25, -0.2) is 4.79 Å². The van der Waals surface area contributed by atoms with Crippen molar-refractivity contribution < 1.29 is 19.8 Å². The molecule has 0 aliphatic carbocycles. The summed E-state index contributed by atoms with van der Waals surface area (Å²) in [5.41, 5.74) is 5.90. The summed E-state index contributed by atoms with van der Waals surface area (Å²) in [7, 11) is 0. The second-order valence-corrected chi connectivity index (χ2v) is 10.9. The van der Waals surface area contributed by atoms with Crippen molar-refractivity contribution in [3.05, 3.63) is 130 Å². The number of para-hydroxylation sites is 2. The maximum Gasteiger partial charge on any atom is 0.346 e. The molecule has 0 saturated carbocycles. The molecule has 1 aliphatic heterocycles. The molecule has 9 nitrogen and oxygen atoms in total. The van der Waals surface area contributed by atoms with Gasteiger partial charge in [0.1, 0.15) is 24.7 Å². The first kappa shape index (κ1) is 31.1. The Bertz CT molecular complexity index is 2090. The predicted molar refractivity (Wildman–Crippen MR) is 176 cm³/mol. The molecule has 1 aromatic heterocycles. The predicted octanol–water partition coefficient (Wildman–Crippen LogP) is 6.74. The molecule has 6 rings (SSSR count). The molecule has 0 bridgehead atoms. The number of carbonyl (C=O) groups is 2. The van der Waals surface area contributed by atoms with E-state index >= 15 is 0 Å². The monoisotopic (exact) mass is 623 g/mol. The molecule has 224 valence electrons. The zero-order valence-electron chi connectivity index (χ0n) is 24.2. The highest BCUT2D eigenvalue weighted by Gasteiger charge is 2.16. The minimum Gasteiger partial charge on any atom is -0.480 e. The Kier molecular flexibility index (Phi) is 9.73. The van der Waals surface area contributed by atoms with Crippen molar-refractivity contribution in [2.75, 3.05) is 11.6 Å². The van der Waals surface area contributed by atoms with Crippen LogP contribution in [0.5, 0.6) is 0 Å². The van der Waals surface area contributed by atoms with Gasteiger partial charge in [0.05, 0.1) is 16.8 Å². The standard InChI is InChI=1S/C33H22N4O2S.C3H3NO2/c34-20-23(33(38)39)19-27-15-18-30(40-27)29-17-16-28(31-32(29)36-21-35-31)22-11-13-26(14-12-22)37(24-7-3-1-4-8-24)25-9-5-2-6-10-25;4-2-1-3(5)6/h1-19H,21H2,(H,38,39);1H2,(H,5,6)/b23-19-;. The largest absolute Gasteiger partial charge is 0.480 e. The highest BCUT2D eigenvalue weighted by Crippen LogP contribution is 2.35. The average molecular weight is 624 g/mol. The SMILES string of the molecule is N#C/C(=C/c1ccc(-c2ccc(-c3ccc(N(c4ccccc4)c4ccccc4)cc3)c3c2=NCN=3)s1)C(=O)O.N#CCC(=O)O. The Morgan fingerprint density at radius 2 is 1.33 bits per heavy atom. The van der Waals surface area contributed by atoms with E-state index in [1.807, 2.05) is 54.6 Å². The van der Waals surface area contributed by atoms with Crippen LogP contribution in [0.1, 0.15) is 11.3 Å². The molecule has 0 amide bonds. The number of anilines is 3. The molecule has 5 aromatic rings. The molecule has 46 heavy (non-hydrogen) atoms. The maximum atomic E-state index is 11.2. The summed E-state index contributed by atoms with van der Waals surface area (Å²) in [6, 6.07) is 40.1. The van der Waals surface area contributed by atoms with Crippen molar-refractivity contribution >= 4 is 46.4 Å². The lowest BCUT2D eigenvalue weighted by Crippen LogP contribution is -2.26. The molecular formula is C36H25N5O4S. The van der Waals surface area contributed by atoms with E-state index in [9.17, 15) is 14.7 Å². The number of thiophene rings is 1. The number of nitriles is 2. The number of nitrogens with zero attached hydrogens (tertiary/aromatic N) is 5. The van der Waals surface area contributed by atoms with Gasteiger partial charge in [-0.15, -0.1) is 11.3 Å². The third-order valence-electron chi connectivity index (χ3n) is 6.83.